The van der Waals surface area contributed by atoms with Crippen LogP contribution in [0.3, 0.4) is 0 Å². The molecule has 5 heteroatoms. The van der Waals surface area contributed by atoms with Crippen LogP contribution in [0.25, 0.3) is 10.4 Å². The lowest BCUT2D eigenvalue weighted by Crippen LogP contribution is -1.94. The summed E-state index contributed by atoms with van der Waals surface area (Å²) >= 11 is 5.84. The first-order valence-electron chi connectivity index (χ1n) is 3.85. The average Bonchev–Trinajstić information content (AvgIpc) is 2.15. The topological polar surface area (TPSA) is 61.7 Å². The third-order valence-corrected chi connectivity index (χ3v) is 1.76. The molecule has 1 aromatic heterocycles. The number of alkyl halides is 1. The highest BCUT2D eigenvalue weighted by molar-refractivity contribution is 6.20. The lowest BCUT2D eigenvalue weighted by Gasteiger charge is -2.03. The Hall–Kier alpha value is -1.25. The maximum atomic E-state index is 8.11. The third-order valence-electron chi connectivity index (χ3n) is 1.53. The zero-order valence-corrected chi connectivity index (χ0v) is 7.94. The molecular weight excluding hydrogens is 188 g/mol. The van der Waals surface area contributed by atoms with Gasteiger partial charge in [-0.05, 0) is 24.6 Å². The Kier molecular flexibility index (Phi) is 3.55. The van der Waals surface area contributed by atoms with Crippen molar-refractivity contribution in [2.24, 2.45) is 5.11 Å². The molecule has 0 spiro atoms. The number of halogens is 1. The summed E-state index contributed by atoms with van der Waals surface area (Å²) in [4.78, 5) is 6.87. The van der Waals surface area contributed by atoms with Crippen LogP contribution in [-0.4, -0.2) is 4.98 Å². The molecule has 4 nitrogen and oxygen atoms in total. The Balaban J connectivity index is 2.85. The molecule has 0 aliphatic rings. The first-order chi connectivity index (χ1) is 6.24. The average molecular weight is 197 g/mol. The first-order valence-corrected chi connectivity index (χ1v) is 4.28. The van der Waals surface area contributed by atoms with E-state index >= 15 is 0 Å². The van der Waals surface area contributed by atoms with Crippen LogP contribution < -0.4 is 0 Å². The molecule has 1 atom stereocenters. The predicted molar refractivity (Wildman–Crippen MR) is 51.4 cm³/mol. The van der Waals surface area contributed by atoms with Crippen molar-refractivity contribution in [3.8, 4) is 0 Å². The summed E-state index contributed by atoms with van der Waals surface area (Å²) in [7, 11) is 0. The molecule has 1 rings (SSSR count). The van der Waals surface area contributed by atoms with Gasteiger partial charge in [-0.25, -0.2) is 0 Å². The summed E-state index contributed by atoms with van der Waals surface area (Å²) < 4.78 is 0. The van der Waals surface area contributed by atoms with Crippen molar-refractivity contribution < 1.29 is 0 Å². The smallest absolute Gasteiger partial charge is 0.0729 e. The quantitative estimate of drug-likeness (QED) is 0.317. The van der Waals surface area contributed by atoms with Gasteiger partial charge < -0.3 is 0 Å². The molecule has 0 N–H and O–H groups in total. The van der Waals surface area contributed by atoms with Crippen molar-refractivity contribution in [2.45, 2.75) is 18.8 Å². The molecule has 0 saturated heterocycles. The second-order valence-corrected chi connectivity index (χ2v) is 3.21. The van der Waals surface area contributed by atoms with Crippen LogP contribution in [0.4, 0.5) is 0 Å². The summed E-state index contributed by atoms with van der Waals surface area (Å²) in [5.74, 6) is 0. The second-order valence-electron chi connectivity index (χ2n) is 2.56. The monoisotopic (exact) mass is 196 g/mol. The Morgan fingerprint density at radius 3 is 3.08 bits per heavy atom. The molecule has 1 heterocycles. The maximum absolute atomic E-state index is 8.11. The molecule has 0 aromatic carbocycles. The molecule has 0 aliphatic heterocycles. The Bertz CT molecular complexity index is 331. The molecular formula is C8H9ClN4. The van der Waals surface area contributed by atoms with Crippen LogP contribution >= 0.6 is 11.6 Å². The van der Waals surface area contributed by atoms with Gasteiger partial charge in [-0.3, -0.25) is 4.98 Å². The number of pyridine rings is 1. The summed E-state index contributed by atoms with van der Waals surface area (Å²) in [5.41, 5.74) is 9.65. The Labute approximate surface area is 81.2 Å². The van der Waals surface area contributed by atoms with Gasteiger partial charge >= 0.3 is 0 Å². The largest absolute Gasteiger partial charge is 0.256 e. The van der Waals surface area contributed by atoms with E-state index in [2.05, 4.69) is 15.0 Å². The fraction of sp³-hybridized carbons (Fsp3) is 0.375. The van der Waals surface area contributed by atoms with Crippen LogP contribution in [0.5, 0.6) is 0 Å². The van der Waals surface area contributed by atoms with Gasteiger partial charge in [0.15, 0.2) is 0 Å². The molecule has 1 aromatic rings. The molecule has 0 aliphatic carbocycles. The lowest BCUT2D eigenvalue weighted by atomic mass is 10.2. The van der Waals surface area contributed by atoms with E-state index in [0.717, 1.165) is 11.4 Å². The lowest BCUT2D eigenvalue weighted by molar-refractivity contribution is 0.911. The standard InChI is InChI=1S/C8H9ClN4/c1-6(9)8-4-2-3-7(12-8)5-11-13-10/h2-4,6H,5H2,1H3. The van der Waals surface area contributed by atoms with Gasteiger partial charge in [-0.1, -0.05) is 11.2 Å². The van der Waals surface area contributed by atoms with Gasteiger partial charge in [0.1, 0.15) is 0 Å². The van der Waals surface area contributed by atoms with Gasteiger partial charge in [0.25, 0.3) is 0 Å². The van der Waals surface area contributed by atoms with Crippen LogP contribution in [0.2, 0.25) is 0 Å². The van der Waals surface area contributed by atoms with Crippen molar-refractivity contribution in [1.82, 2.24) is 4.98 Å². The molecule has 0 amide bonds. The van der Waals surface area contributed by atoms with Gasteiger partial charge in [-0.2, -0.15) is 0 Å². The van der Waals surface area contributed by atoms with Crippen molar-refractivity contribution in [3.05, 3.63) is 40.0 Å². The van der Waals surface area contributed by atoms with Crippen molar-refractivity contribution >= 4 is 11.6 Å². The van der Waals surface area contributed by atoms with Crippen molar-refractivity contribution in [2.75, 3.05) is 0 Å². The van der Waals surface area contributed by atoms with E-state index < -0.39 is 0 Å². The minimum atomic E-state index is -0.119. The highest BCUT2D eigenvalue weighted by Gasteiger charge is 2.02. The molecule has 0 saturated carbocycles. The van der Waals surface area contributed by atoms with E-state index in [-0.39, 0.29) is 11.9 Å². The molecule has 0 fully saturated rings. The normalized spacial score (nSPS) is 11.8. The van der Waals surface area contributed by atoms with Crippen LogP contribution in [0.1, 0.15) is 23.7 Å². The molecule has 0 bridgehead atoms. The van der Waals surface area contributed by atoms with Crippen molar-refractivity contribution in [3.63, 3.8) is 0 Å². The number of rotatable bonds is 3. The molecule has 1 unspecified atom stereocenters. The Morgan fingerprint density at radius 2 is 2.46 bits per heavy atom. The van der Waals surface area contributed by atoms with Gasteiger partial charge in [0, 0.05) is 10.6 Å². The second kappa shape index (κ2) is 4.70. The number of aromatic nitrogens is 1. The number of azide groups is 1. The van der Waals surface area contributed by atoms with E-state index in [9.17, 15) is 0 Å². The zero-order chi connectivity index (χ0) is 9.68. The van der Waals surface area contributed by atoms with Crippen LogP contribution in [-0.2, 0) is 6.54 Å². The minimum Gasteiger partial charge on any atom is -0.256 e. The van der Waals surface area contributed by atoms with E-state index in [1.807, 2.05) is 19.1 Å². The van der Waals surface area contributed by atoms with E-state index in [0.29, 0.717) is 0 Å². The zero-order valence-electron chi connectivity index (χ0n) is 7.18. The van der Waals surface area contributed by atoms with Gasteiger partial charge in [-0.15, -0.1) is 11.6 Å². The molecule has 68 valence electrons. The molecule has 0 radical (unpaired) electrons. The van der Waals surface area contributed by atoms with E-state index in [1.165, 1.54) is 0 Å². The fourth-order valence-corrected chi connectivity index (χ4v) is 1.03. The van der Waals surface area contributed by atoms with E-state index in [1.54, 1.807) is 6.07 Å². The van der Waals surface area contributed by atoms with Gasteiger partial charge in [0.05, 0.1) is 17.6 Å². The van der Waals surface area contributed by atoms with Crippen LogP contribution in [0.15, 0.2) is 23.3 Å². The summed E-state index contributed by atoms with van der Waals surface area (Å²) in [6.07, 6.45) is 0. The van der Waals surface area contributed by atoms with Crippen molar-refractivity contribution in [1.29, 1.82) is 0 Å². The number of hydrogen-bond acceptors (Lipinski definition) is 2. The SMILES string of the molecule is CC(Cl)c1cccc(CN=[N+]=[N-])n1. The Morgan fingerprint density at radius 1 is 1.69 bits per heavy atom. The summed E-state index contributed by atoms with van der Waals surface area (Å²) in [5, 5.41) is 3.30. The summed E-state index contributed by atoms with van der Waals surface area (Å²) in [6.45, 7) is 2.12. The molecule has 13 heavy (non-hydrogen) atoms. The van der Waals surface area contributed by atoms with E-state index in [4.69, 9.17) is 17.1 Å². The fourth-order valence-electron chi connectivity index (χ4n) is 0.912. The highest BCUT2D eigenvalue weighted by Crippen LogP contribution is 2.16. The van der Waals surface area contributed by atoms with Crippen LogP contribution in [0, 0.1) is 0 Å². The predicted octanol–water partition coefficient (Wildman–Crippen LogP) is 3.19. The summed E-state index contributed by atoms with van der Waals surface area (Å²) in [6, 6.07) is 5.50. The highest BCUT2D eigenvalue weighted by atomic mass is 35.5. The maximum Gasteiger partial charge on any atom is 0.0729 e. The number of nitrogens with zero attached hydrogens (tertiary/aromatic N) is 4. The van der Waals surface area contributed by atoms with Gasteiger partial charge in [0.2, 0.25) is 0 Å². The minimum absolute atomic E-state index is 0.119. The first kappa shape index (κ1) is 9.84. The number of hydrogen-bond donors (Lipinski definition) is 0. The third kappa shape index (κ3) is 2.93.